The Morgan fingerprint density at radius 1 is 1.07 bits per heavy atom. The normalized spacial score (nSPS) is 10.5. The maximum absolute atomic E-state index is 12.6. The highest BCUT2D eigenvalue weighted by Gasteiger charge is 2.11. The molecule has 6 heteroatoms. The van der Waals surface area contributed by atoms with Gasteiger partial charge in [0.15, 0.2) is 0 Å². The van der Waals surface area contributed by atoms with Crippen molar-refractivity contribution in [3.05, 3.63) is 78.4 Å². The lowest BCUT2D eigenvalue weighted by Crippen LogP contribution is -2.15. The summed E-state index contributed by atoms with van der Waals surface area (Å²) < 4.78 is 5.75. The van der Waals surface area contributed by atoms with E-state index in [-0.39, 0.29) is 12.0 Å². The summed E-state index contributed by atoms with van der Waals surface area (Å²) in [4.78, 5) is 20.8. The number of nitrogens with one attached hydrogen (secondary N) is 2. The van der Waals surface area contributed by atoms with Crippen molar-refractivity contribution >= 4 is 17.3 Å². The van der Waals surface area contributed by atoms with E-state index < -0.39 is 0 Å². The number of aromatic nitrogens is 2. The van der Waals surface area contributed by atoms with Crippen LogP contribution in [0.1, 0.15) is 29.8 Å². The Bertz CT molecular complexity index is 897. The largest absolute Gasteiger partial charge is 0.489 e. The molecule has 0 saturated heterocycles. The SMILES string of the molecule is CC(C)Oc1ccccc1NC(=O)c1cncc(NCc2ccncc2)c1. The Morgan fingerprint density at radius 3 is 2.63 bits per heavy atom. The smallest absolute Gasteiger partial charge is 0.257 e. The minimum atomic E-state index is -0.241. The van der Waals surface area contributed by atoms with E-state index in [1.807, 2.05) is 50.2 Å². The number of hydrogen-bond donors (Lipinski definition) is 2. The molecule has 2 heterocycles. The van der Waals surface area contributed by atoms with Gasteiger partial charge < -0.3 is 15.4 Å². The third-order valence-electron chi connectivity index (χ3n) is 3.74. The fourth-order valence-electron chi connectivity index (χ4n) is 2.49. The van der Waals surface area contributed by atoms with Crippen LogP contribution in [0.2, 0.25) is 0 Å². The number of pyridine rings is 2. The van der Waals surface area contributed by atoms with E-state index in [0.717, 1.165) is 11.3 Å². The van der Waals surface area contributed by atoms with Gasteiger partial charge in [-0.3, -0.25) is 14.8 Å². The molecular formula is C21H22N4O2. The molecule has 27 heavy (non-hydrogen) atoms. The zero-order chi connectivity index (χ0) is 19.1. The maximum Gasteiger partial charge on any atom is 0.257 e. The number of carbonyl (C=O) groups is 1. The Hall–Kier alpha value is -3.41. The molecular weight excluding hydrogens is 340 g/mol. The number of ether oxygens (including phenoxy) is 1. The first-order valence-corrected chi connectivity index (χ1v) is 8.76. The number of carbonyl (C=O) groups excluding carboxylic acids is 1. The van der Waals surface area contributed by atoms with Gasteiger partial charge in [-0.2, -0.15) is 0 Å². The number of amides is 1. The van der Waals surface area contributed by atoms with Crippen LogP contribution in [0.4, 0.5) is 11.4 Å². The van der Waals surface area contributed by atoms with Crippen LogP contribution < -0.4 is 15.4 Å². The van der Waals surface area contributed by atoms with Gasteiger partial charge in [0.25, 0.3) is 5.91 Å². The van der Waals surface area contributed by atoms with E-state index in [4.69, 9.17) is 4.74 Å². The molecule has 1 aromatic carbocycles. The molecule has 0 aliphatic carbocycles. The van der Waals surface area contributed by atoms with Gasteiger partial charge in [0, 0.05) is 31.3 Å². The lowest BCUT2D eigenvalue weighted by atomic mass is 10.2. The lowest BCUT2D eigenvalue weighted by Gasteiger charge is -2.15. The van der Waals surface area contributed by atoms with Crippen molar-refractivity contribution in [3.8, 4) is 5.75 Å². The summed E-state index contributed by atoms with van der Waals surface area (Å²) in [5.74, 6) is 0.399. The Labute approximate surface area is 158 Å². The zero-order valence-corrected chi connectivity index (χ0v) is 15.3. The Balaban J connectivity index is 1.69. The second-order valence-electron chi connectivity index (χ2n) is 6.29. The third kappa shape index (κ3) is 5.28. The van der Waals surface area contributed by atoms with Crippen LogP contribution in [0.5, 0.6) is 5.75 Å². The first-order valence-electron chi connectivity index (χ1n) is 8.76. The second-order valence-corrected chi connectivity index (χ2v) is 6.29. The number of nitrogens with zero attached hydrogens (tertiary/aromatic N) is 2. The molecule has 0 fully saturated rings. The van der Waals surface area contributed by atoms with E-state index in [1.54, 1.807) is 30.9 Å². The van der Waals surface area contributed by atoms with Gasteiger partial charge in [0.2, 0.25) is 0 Å². The van der Waals surface area contributed by atoms with Gasteiger partial charge in [0.05, 0.1) is 23.0 Å². The van der Waals surface area contributed by atoms with Gasteiger partial charge >= 0.3 is 0 Å². The molecule has 0 bridgehead atoms. The Kier molecular flexibility index (Phi) is 5.99. The first kappa shape index (κ1) is 18.4. The molecule has 2 N–H and O–H groups in total. The summed E-state index contributed by atoms with van der Waals surface area (Å²) in [6.07, 6.45) is 6.74. The standard InChI is InChI=1S/C21H22N4O2/c1-15(2)27-20-6-4-3-5-19(20)25-21(26)17-11-18(14-23-13-17)24-12-16-7-9-22-10-8-16/h3-11,13-15,24H,12H2,1-2H3,(H,25,26). The number of hydrogen-bond acceptors (Lipinski definition) is 5. The van der Waals surface area contributed by atoms with E-state index >= 15 is 0 Å². The van der Waals surface area contributed by atoms with Crippen molar-refractivity contribution in [2.45, 2.75) is 26.5 Å². The monoisotopic (exact) mass is 362 g/mol. The quantitative estimate of drug-likeness (QED) is 0.661. The van der Waals surface area contributed by atoms with Crippen molar-refractivity contribution in [1.29, 1.82) is 0 Å². The predicted octanol–water partition coefficient (Wildman–Crippen LogP) is 4.13. The molecule has 0 unspecified atom stereocenters. The molecule has 0 radical (unpaired) electrons. The van der Waals surface area contributed by atoms with Crippen LogP contribution >= 0.6 is 0 Å². The molecule has 0 aliphatic heterocycles. The lowest BCUT2D eigenvalue weighted by molar-refractivity contribution is 0.102. The molecule has 2 aromatic heterocycles. The van der Waals surface area contributed by atoms with Gasteiger partial charge in [-0.25, -0.2) is 0 Å². The van der Waals surface area contributed by atoms with Gasteiger partial charge in [0.1, 0.15) is 5.75 Å². The highest BCUT2D eigenvalue weighted by atomic mass is 16.5. The zero-order valence-electron chi connectivity index (χ0n) is 15.3. The van der Waals surface area contributed by atoms with Crippen LogP contribution in [0.15, 0.2) is 67.3 Å². The second kappa shape index (κ2) is 8.80. The molecule has 0 spiro atoms. The average molecular weight is 362 g/mol. The van der Waals surface area contributed by atoms with Crippen molar-refractivity contribution in [2.24, 2.45) is 0 Å². The van der Waals surface area contributed by atoms with Crippen molar-refractivity contribution < 1.29 is 9.53 Å². The number of para-hydroxylation sites is 2. The summed E-state index contributed by atoms with van der Waals surface area (Å²) in [5, 5.41) is 6.16. The van der Waals surface area contributed by atoms with Crippen LogP contribution in [-0.2, 0) is 6.54 Å². The summed E-state index contributed by atoms with van der Waals surface area (Å²) >= 11 is 0. The maximum atomic E-state index is 12.6. The summed E-state index contributed by atoms with van der Waals surface area (Å²) in [6.45, 7) is 4.52. The molecule has 3 rings (SSSR count). The van der Waals surface area contributed by atoms with Crippen LogP contribution in [-0.4, -0.2) is 22.0 Å². The van der Waals surface area contributed by atoms with Crippen molar-refractivity contribution in [2.75, 3.05) is 10.6 Å². The molecule has 0 saturated carbocycles. The summed E-state index contributed by atoms with van der Waals surface area (Å²) in [7, 11) is 0. The first-order chi connectivity index (χ1) is 13.1. The number of anilines is 2. The highest BCUT2D eigenvalue weighted by molar-refractivity contribution is 6.05. The summed E-state index contributed by atoms with van der Waals surface area (Å²) in [5.41, 5.74) is 2.96. The van der Waals surface area contributed by atoms with E-state index in [9.17, 15) is 4.79 Å². The summed E-state index contributed by atoms with van der Waals surface area (Å²) in [6, 6.07) is 13.0. The highest BCUT2D eigenvalue weighted by Crippen LogP contribution is 2.25. The molecule has 6 nitrogen and oxygen atoms in total. The van der Waals surface area contributed by atoms with Gasteiger partial charge in [-0.15, -0.1) is 0 Å². The fourth-order valence-corrected chi connectivity index (χ4v) is 2.49. The van der Waals surface area contributed by atoms with E-state index in [2.05, 4.69) is 20.6 Å². The van der Waals surface area contributed by atoms with Crippen LogP contribution in [0, 0.1) is 0 Å². The predicted molar refractivity (Wildman–Crippen MR) is 106 cm³/mol. The molecule has 0 aliphatic rings. The van der Waals surface area contributed by atoms with Gasteiger partial charge in [-0.1, -0.05) is 12.1 Å². The van der Waals surface area contributed by atoms with E-state index in [0.29, 0.717) is 23.5 Å². The molecule has 1 amide bonds. The molecule has 0 atom stereocenters. The molecule has 3 aromatic rings. The Morgan fingerprint density at radius 2 is 1.85 bits per heavy atom. The van der Waals surface area contributed by atoms with Gasteiger partial charge in [-0.05, 0) is 49.7 Å². The van der Waals surface area contributed by atoms with Crippen LogP contribution in [0.3, 0.4) is 0 Å². The van der Waals surface area contributed by atoms with Crippen molar-refractivity contribution in [1.82, 2.24) is 9.97 Å². The minimum Gasteiger partial charge on any atom is -0.489 e. The third-order valence-corrected chi connectivity index (χ3v) is 3.74. The fraction of sp³-hybridized carbons (Fsp3) is 0.190. The van der Waals surface area contributed by atoms with Crippen LogP contribution in [0.25, 0.3) is 0 Å². The average Bonchev–Trinajstić information content (AvgIpc) is 2.68. The van der Waals surface area contributed by atoms with E-state index in [1.165, 1.54) is 0 Å². The number of benzene rings is 1. The minimum absolute atomic E-state index is 0.0189. The number of rotatable bonds is 7. The van der Waals surface area contributed by atoms with Crippen molar-refractivity contribution in [3.63, 3.8) is 0 Å². The topological polar surface area (TPSA) is 76.1 Å². The molecule has 138 valence electrons.